The van der Waals surface area contributed by atoms with E-state index in [0.29, 0.717) is 22.1 Å². The van der Waals surface area contributed by atoms with Crippen LogP contribution in [0, 0.1) is 6.92 Å². The van der Waals surface area contributed by atoms with E-state index in [0.717, 1.165) is 10.5 Å². The summed E-state index contributed by atoms with van der Waals surface area (Å²) in [5, 5.41) is 13.7. The van der Waals surface area contributed by atoms with Crippen LogP contribution in [0.1, 0.15) is 21.7 Å². The van der Waals surface area contributed by atoms with Crippen LogP contribution in [0.2, 0.25) is 5.02 Å². The zero-order chi connectivity index (χ0) is 20.8. The SMILES string of the molecule is Cc1ccc(C(=O)O)cc1-c1ccc(/C=N\NC(=O)CSc2ccc(Cl)cc2)o1. The molecule has 0 saturated heterocycles. The summed E-state index contributed by atoms with van der Waals surface area (Å²) < 4.78 is 5.70. The van der Waals surface area contributed by atoms with Crippen LogP contribution in [-0.4, -0.2) is 29.0 Å². The van der Waals surface area contributed by atoms with Crippen molar-refractivity contribution in [1.82, 2.24) is 5.43 Å². The van der Waals surface area contributed by atoms with Crippen molar-refractivity contribution < 1.29 is 19.1 Å². The third-order valence-electron chi connectivity index (χ3n) is 3.94. The number of nitrogens with zero attached hydrogens (tertiary/aromatic N) is 1. The van der Waals surface area contributed by atoms with Crippen LogP contribution in [0.5, 0.6) is 0 Å². The van der Waals surface area contributed by atoms with Gasteiger partial charge >= 0.3 is 5.97 Å². The number of carboxylic acids is 1. The maximum absolute atomic E-state index is 11.9. The Balaban J connectivity index is 1.58. The molecule has 1 aromatic heterocycles. The lowest BCUT2D eigenvalue weighted by Crippen LogP contribution is -2.19. The van der Waals surface area contributed by atoms with Crippen molar-refractivity contribution in [3.05, 3.63) is 76.5 Å². The zero-order valence-corrected chi connectivity index (χ0v) is 17.0. The van der Waals surface area contributed by atoms with Gasteiger partial charge in [-0.05, 0) is 61.0 Å². The number of thioether (sulfide) groups is 1. The zero-order valence-electron chi connectivity index (χ0n) is 15.4. The van der Waals surface area contributed by atoms with E-state index >= 15 is 0 Å². The van der Waals surface area contributed by atoms with Gasteiger partial charge in [-0.25, -0.2) is 10.2 Å². The number of carbonyl (C=O) groups excluding carboxylic acids is 1. The second-order valence-electron chi connectivity index (χ2n) is 6.07. The Labute approximate surface area is 176 Å². The summed E-state index contributed by atoms with van der Waals surface area (Å²) >= 11 is 7.20. The van der Waals surface area contributed by atoms with Crippen LogP contribution >= 0.6 is 23.4 Å². The number of hydrazone groups is 1. The van der Waals surface area contributed by atoms with Gasteiger partial charge in [-0.3, -0.25) is 4.79 Å². The van der Waals surface area contributed by atoms with Crippen LogP contribution in [0.3, 0.4) is 0 Å². The van der Waals surface area contributed by atoms with E-state index in [1.54, 1.807) is 42.5 Å². The van der Waals surface area contributed by atoms with Crippen LogP contribution in [0.25, 0.3) is 11.3 Å². The van der Waals surface area contributed by atoms with Crippen molar-refractivity contribution in [3.8, 4) is 11.3 Å². The smallest absolute Gasteiger partial charge is 0.335 e. The molecular formula is C21H17ClN2O4S. The normalized spacial score (nSPS) is 11.0. The Morgan fingerprint density at radius 2 is 1.93 bits per heavy atom. The third-order valence-corrected chi connectivity index (χ3v) is 5.21. The van der Waals surface area contributed by atoms with Gasteiger partial charge in [0, 0.05) is 15.5 Å². The van der Waals surface area contributed by atoms with Crippen LogP contribution in [0.15, 0.2) is 69.0 Å². The molecule has 0 spiro atoms. The van der Waals surface area contributed by atoms with Crippen LogP contribution in [-0.2, 0) is 4.79 Å². The molecular weight excluding hydrogens is 412 g/mol. The molecule has 6 nitrogen and oxygen atoms in total. The number of aromatic carboxylic acids is 1. The minimum absolute atomic E-state index is 0.183. The van der Waals surface area contributed by atoms with Gasteiger partial charge in [0.1, 0.15) is 11.5 Å². The molecule has 0 radical (unpaired) electrons. The Morgan fingerprint density at radius 1 is 1.17 bits per heavy atom. The Hall–Kier alpha value is -3.03. The Kier molecular flexibility index (Phi) is 6.74. The quantitative estimate of drug-likeness (QED) is 0.319. The number of amides is 1. The molecule has 8 heteroatoms. The van der Waals surface area contributed by atoms with Crippen LogP contribution < -0.4 is 5.43 Å². The molecule has 0 aliphatic heterocycles. The summed E-state index contributed by atoms with van der Waals surface area (Å²) in [7, 11) is 0. The standard InChI is InChI=1S/C21H17ClN2O4S/c1-13-2-3-14(21(26)27)10-18(13)19-9-6-16(28-19)11-23-24-20(25)12-29-17-7-4-15(22)5-8-17/h2-11H,12H2,1H3,(H,24,25)(H,26,27)/b23-11-. The maximum atomic E-state index is 11.9. The molecule has 0 atom stereocenters. The number of rotatable bonds is 7. The molecule has 3 rings (SSSR count). The molecule has 0 unspecified atom stereocenters. The minimum atomic E-state index is -1.00. The van der Waals surface area contributed by atoms with Gasteiger partial charge in [0.15, 0.2) is 0 Å². The highest BCUT2D eigenvalue weighted by molar-refractivity contribution is 8.00. The largest absolute Gasteiger partial charge is 0.478 e. The van der Waals surface area contributed by atoms with E-state index in [4.69, 9.17) is 21.1 Å². The van der Waals surface area contributed by atoms with Crippen molar-refractivity contribution in [2.45, 2.75) is 11.8 Å². The number of aryl methyl sites for hydroxylation is 1. The fourth-order valence-electron chi connectivity index (χ4n) is 2.47. The minimum Gasteiger partial charge on any atom is -0.478 e. The molecule has 0 aliphatic rings. The number of carboxylic acid groups (broad SMARTS) is 1. The van der Waals surface area contributed by atoms with E-state index in [1.807, 2.05) is 19.1 Å². The summed E-state index contributed by atoms with van der Waals surface area (Å²) in [4.78, 5) is 24.0. The summed E-state index contributed by atoms with van der Waals surface area (Å²) in [5.41, 5.74) is 4.20. The fraction of sp³-hybridized carbons (Fsp3) is 0.0952. The number of halogens is 1. The average molecular weight is 429 g/mol. The first-order valence-electron chi connectivity index (χ1n) is 8.57. The van der Waals surface area contributed by atoms with Gasteiger partial charge in [-0.15, -0.1) is 11.8 Å². The summed E-state index contributed by atoms with van der Waals surface area (Å²) in [6, 6.07) is 15.5. The molecule has 0 saturated carbocycles. The van der Waals surface area contributed by atoms with Crippen LogP contribution in [0.4, 0.5) is 0 Å². The molecule has 0 bridgehead atoms. The second kappa shape index (κ2) is 9.45. The first-order chi connectivity index (χ1) is 13.9. The maximum Gasteiger partial charge on any atom is 0.335 e. The molecule has 3 aromatic rings. The van der Waals surface area contributed by atoms with Gasteiger partial charge in [-0.1, -0.05) is 17.7 Å². The highest BCUT2D eigenvalue weighted by Crippen LogP contribution is 2.26. The highest BCUT2D eigenvalue weighted by atomic mass is 35.5. The van der Waals surface area contributed by atoms with Gasteiger partial charge in [-0.2, -0.15) is 5.10 Å². The number of hydrogen-bond acceptors (Lipinski definition) is 5. The molecule has 2 aromatic carbocycles. The van der Waals surface area contributed by atoms with Gasteiger partial charge in [0.25, 0.3) is 0 Å². The van der Waals surface area contributed by atoms with Crippen molar-refractivity contribution in [1.29, 1.82) is 0 Å². The lowest BCUT2D eigenvalue weighted by Gasteiger charge is -2.04. The molecule has 2 N–H and O–H groups in total. The predicted molar refractivity (Wildman–Crippen MR) is 114 cm³/mol. The molecule has 148 valence electrons. The molecule has 0 aliphatic carbocycles. The first-order valence-corrected chi connectivity index (χ1v) is 9.93. The number of hydrogen-bond donors (Lipinski definition) is 2. The van der Waals surface area contributed by atoms with Crippen molar-refractivity contribution >= 4 is 41.5 Å². The lowest BCUT2D eigenvalue weighted by molar-refractivity contribution is -0.118. The molecule has 1 heterocycles. The van der Waals surface area contributed by atoms with E-state index in [2.05, 4.69) is 10.5 Å². The van der Waals surface area contributed by atoms with Gasteiger partial charge in [0.2, 0.25) is 5.91 Å². The molecule has 1 amide bonds. The monoisotopic (exact) mass is 428 g/mol. The van der Waals surface area contributed by atoms with Crippen molar-refractivity contribution in [2.75, 3.05) is 5.75 Å². The molecule has 0 fully saturated rings. The number of benzene rings is 2. The average Bonchev–Trinajstić information content (AvgIpc) is 3.16. The molecule has 29 heavy (non-hydrogen) atoms. The van der Waals surface area contributed by atoms with E-state index in [-0.39, 0.29) is 17.2 Å². The Bertz CT molecular complexity index is 1060. The number of nitrogens with one attached hydrogen (secondary N) is 1. The van der Waals surface area contributed by atoms with Gasteiger partial charge in [0.05, 0.1) is 17.5 Å². The summed E-state index contributed by atoms with van der Waals surface area (Å²) in [6.07, 6.45) is 1.39. The highest BCUT2D eigenvalue weighted by Gasteiger charge is 2.11. The van der Waals surface area contributed by atoms with Crippen molar-refractivity contribution in [3.63, 3.8) is 0 Å². The summed E-state index contributed by atoms with van der Waals surface area (Å²) in [6.45, 7) is 1.87. The lowest BCUT2D eigenvalue weighted by atomic mass is 10.0. The van der Waals surface area contributed by atoms with E-state index < -0.39 is 5.97 Å². The predicted octanol–water partition coefficient (Wildman–Crippen LogP) is 4.85. The second-order valence-corrected chi connectivity index (χ2v) is 7.56. The number of carbonyl (C=O) groups is 2. The van der Waals surface area contributed by atoms with E-state index in [1.165, 1.54) is 18.0 Å². The fourth-order valence-corrected chi connectivity index (χ4v) is 3.28. The van der Waals surface area contributed by atoms with Crippen molar-refractivity contribution in [2.24, 2.45) is 5.10 Å². The Morgan fingerprint density at radius 3 is 2.66 bits per heavy atom. The number of furan rings is 1. The van der Waals surface area contributed by atoms with E-state index in [9.17, 15) is 9.59 Å². The summed E-state index contributed by atoms with van der Waals surface area (Å²) in [5.74, 6) is -0.0805. The van der Waals surface area contributed by atoms with Gasteiger partial charge < -0.3 is 9.52 Å². The third kappa shape index (κ3) is 5.73. The first kappa shape index (κ1) is 20.7. The topological polar surface area (TPSA) is 91.9 Å².